The summed E-state index contributed by atoms with van der Waals surface area (Å²) < 4.78 is 9.79. The molecule has 1 N–H and O–H groups in total. The van der Waals surface area contributed by atoms with Crippen LogP contribution in [0, 0.1) is 0 Å². The Kier molecular flexibility index (Phi) is 4.28. The number of carbonyl (C=O) groups is 1. The third-order valence-corrected chi connectivity index (χ3v) is 4.71. The first kappa shape index (κ1) is 15.9. The maximum absolute atomic E-state index is 12.7. The lowest BCUT2D eigenvalue weighted by molar-refractivity contribution is -0.00950. The van der Waals surface area contributed by atoms with E-state index in [2.05, 4.69) is 17.3 Å². The fourth-order valence-corrected chi connectivity index (χ4v) is 3.39. The topological polar surface area (TPSA) is 60.6 Å². The van der Waals surface area contributed by atoms with Crippen molar-refractivity contribution in [1.29, 1.82) is 0 Å². The van der Waals surface area contributed by atoms with Gasteiger partial charge in [0, 0.05) is 42.8 Å². The second-order valence-corrected chi connectivity index (χ2v) is 6.40. The number of amides is 1. The first-order valence-corrected chi connectivity index (χ1v) is 8.76. The summed E-state index contributed by atoms with van der Waals surface area (Å²) in [6.45, 7) is 3.58. The number of pyridine rings is 1. The summed E-state index contributed by atoms with van der Waals surface area (Å²) in [4.78, 5) is 12.7. The molecule has 0 radical (unpaired) electrons. The van der Waals surface area contributed by atoms with E-state index in [1.54, 1.807) is 0 Å². The predicted octanol–water partition coefficient (Wildman–Crippen LogP) is 2.81. The number of aromatic nitrogens is 3. The van der Waals surface area contributed by atoms with Crippen molar-refractivity contribution in [3.05, 3.63) is 60.2 Å². The number of nitrogens with zero attached hydrogens (tertiary/aromatic N) is 3. The van der Waals surface area contributed by atoms with E-state index < -0.39 is 0 Å². The minimum atomic E-state index is -0.143. The normalized spacial score (nSPS) is 20.7. The van der Waals surface area contributed by atoms with Crippen molar-refractivity contribution in [1.82, 2.24) is 19.5 Å². The van der Waals surface area contributed by atoms with Gasteiger partial charge in [0.25, 0.3) is 5.91 Å². The van der Waals surface area contributed by atoms with Crippen LogP contribution in [0.25, 0.3) is 5.52 Å². The zero-order valence-corrected chi connectivity index (χ0v) is 14.3. The zero-order chi connectivity index (χ0) is 17.2. The van der Waals surface area contributed by atoms with E-state index in [4.69, 9.17) is 4.74 Å². The van der Waals surface area contributed by atoms with E-state index in [-0.39, 0.29) is 18.1 Å². The fraction of sp³-hybridized carbons (Fsp3) is 0.368. The molecule has 1 aliphatic heterocycles. The Hall–Kier alpha value is -2.60. The third kappa shape index (κ3) is 3.17. The first-order valence-electron chi connectivity index (χ1n) is 8.76. The van der Waals surface area contributed by atoms with E-state index in [1.165, 1.54) is 0 Å². The molecule has 0 aromatic carbocycles. The van der Waals surface area contributed by atoms with E-state index >= 15 is 0 Å². The molecular formula is C19H22N4O2. The predicted molar refractivity (Wildman–Crippen MR) is 94.5 cm³/mol. The van der Waals surface area contributed by atoms with Gasteiger partial charge in [0.05, 0.1) is 17.8 Å². The van der Waals surface area contributed by atoms with Crippen molar-refractivity contribution in [2.75, 3.05) is 6.61 Å². The quantitative estimate of drug-likeness (QED) is 0.796. The summed E-state index contributed by atoms with van der Waals surface area (Å²) >= 11 is 0. The molecule has 0 spiro atoms. The Labute approximate surface area is 146 Å². The lowest BCUT2D eigenvalue weighted by Gasteiger charge is -2.31. The maximum Gasteiger partial charge on any atom is 0.253 e. The lowest BCUT2D eigenvalue weighted by Crippen LogP contribution is -2.42. The molecule has 4 heterocycles. The summed E-state index contributed by atoms with van der Waals surface area (Å²) in [5.41, 5.74) is 2.70. The maximum atomic E-state index is 12.7. The molecule has 3 aromatic rings. The summed E-state index contributed by atoms with van der Waals surface area (Å²) in [5, 5.41) is 7.49. The highest BCUT2D eigenvalue weighted by Gasteiger charge is 2.30. The van der Waals surface area contributed by atoms with Crippen LogP contribution in [0.15, 0.2) is 49.1 Å². The van der Waals surface area contributed by atoms with E-state index in [0.29, 0.717) is 12.2 Å². The highest BCUT2D eigenvalue weighted by molar-refractivity contribution is 5.95. The number of ether oxygens (including phenoxy) is 1. The van der Waals surface area contributed by atoms with Crippen LogP contribution >= 0.6 is 0 Å². The van der Waals surface area contributed by atoms with Crippen molar-refractivity contribution < 1.29 is 9.53 Å². The average molecular weight is 338 g/mol. The molecule has 1 fully saturated rings. The van der Waals surface area contributed by atoms with Crippen molar-refractivity contribution >= 4 is 11.4 Å². The highest BCUT2D eigenvalue weighted by atomic mass is 16.5. The monoisotopic (exact) mass is 338 g/mol. The minimum absolute atomic E-state index is 0.0428. The van der Waals surface area contributed by atoms with Gasteiger partial charge < -0.3 is 14.5 Å². The molecule has 1 amide bonds. The van der Waals surface area contributed by atoms with Crippen LogP contribution in [0.5, 0.6) is 0 Å². The van der Waals surface area contributed by atoms with Crippen LogP contribution in [0.4, 0.5) is 0 Å². The van der Waals surface area contributed by atoms with Gasteiger partial charge in [-0.3, -0.25) is 9.48 Å². The fourth-order valence-electron chi connectivity index (χ4n) is 3.39. The summed E-state index contributed by atoms with van der Waals surface area (Å²) in [7, 11) is 0. The molecule has 3 aromatic heterocycles. The molecule has 130 valence electrons. The summed E-state index contributed by atoms with van der Waals surface area (Å²) in [6.07, 6.45) is 9.35. The Morgan fingerprint density at radius 2 is 2.32 bits per heavy atom. The molecule has 4 rings (SSSR count). The van der Waals surface area contributed by atoms with Gasteiger partial charge in [-0.05, 0) is 38.0 Å². The number of carbonyl (C=O) groups excluding carboxylic acids is 1. The van der Waals surface area contributed by atoms with Gasteiger partial charge >= 0.3 is 0 Å². The SMILES string of the molecule is CCn1cc([C@H]2OCCC[C@@H]2NC(=O)c2cc3ccccn3c2)cn1. The van der Waals surface area contributed by atoms with Gasteiger partial charge in [-0.15, -0.1) is 0 Å². The van der Waals surface area contributed by atoms with Gasteiger partial charge in [-0.2, -0.15) is 5.10 Å². The van der Waals surface area contributed by atoms with Crippen molar-refractivity contribution in [3.63, 3.8) is 0 Å². The van der Waals surface area contributed by atoms with Gasteiger partial charge in [0.2, 0.25) is 0 Å². The molecule has 0 saturated carbocycles. The molecule has 1 saturated heterocycles. The standard InChI is InChI=1S/C19H22N4O2/c1-2-23-13-15(11-20-23)18-17(7-5-9-25-18)21-19(24)14-10-16-6-3-4-8-22(16)12-14/h3-4,6,8,10-13,17-18H,2,5,7,9H2,1H3,(H,21,24)/t17-,18+/m0/s1. The summed E-state index contributed by atoms with van der Waals surface area (Å²) in [6, 6.07) is 7.77. The smallest absolute Gasteiger partial charge is 0.253 e. The Balaban J connectivity index is 1.53. The van der Waals surface area contributed by atoms with Crippen LogP contribution in [0.2, 0.25) is 0 Å². The minimum Gasteiger partial charge on any atom is -0.371 e. The van der Waals surface area contributed by atoms with Gasteiger partial charge in [-0.25, -0.2) is 0 Å². The van der Waals surface area contributed by atoms with Crippen molar-refractivity contribution in [3.8, 4) is 0 Å². The number of rotatable bonds is 4. The van der Waals surface area contributed by atoms with Crippen LogP contribution in [0.1, 0.15) is 41.8 Å². The molecule has 1 aliphatic rings. The van der Waals surface area contributed by atoms with Gasteiger partial charge in [-0.1, -0.05) is 6.07 Å². The average Bonchev–Trinajstić information content (AvgIpc) is 3.29. The molecule has 0 unspecified atom stereocenters. The highest BCUT2D eigenvalue weighted by Crippen LogP contribution is 2.28. The molecule has 6 heteroatoms. The molecule has 25 heavy (non-hydrogen) atoms. The molecule has 0 bridgehead atoms. The second-order valence-electron chi connectivity index (χ2n) is 6.40. The van der Waals surface area contributed by atoms with E-state index in [1.807, 2.05) is 58.1 Å². The van der Waals surface area contributed by atoms with Crippen molar-refractivity contribution in [2.45, 2.75) is 38.5 Å². The number of nitrogens with one attached hydrogen (secondary N) is 1. The second kappa shape index (κ2) is 6.72. The number of hydrogen-bond donors (Lipinski definition) is 1. The Morgan fingerprint density at radius 3 is 3.12 bits per heavy atom. The molecule has 0 aliphatic carbocycles. The number of fused-ring (bicyclic) bond motifs is 1. The van der Waals surface area contributed by atoms with E-state index in [9.17, 15) is 4.79 Å². The van der Waals surface area contributed by atoms with Crippen molar-refractivity contribution in [2.24, 2.45) is 0 Å². The summed E-state index contributed by atoms with van der Waals surface area (Å²) in [5.74, 6) is -0.0629. The zero-order valence-electron chi connectivity index (χ0n) is 14.3. The number of hydrogen-bond acceptors (Lipinski definition) is 3. The number of aryl methyl sites for hydroxylation is 1. The largest absolute Gasteiger partial charge is 0.371 e. The lowest BCUT2D eigenvalue weighted by atomic mass is 9.98. The molecular weight excluding hydrogens is 316 g/mol. The van der Waals surface area contributed by atoms with Crippen LogP contribution in [0.3, 0.4) is 0 Å². The van der Waals surface area contributed by atoms with Gasteiger partial charge in [0.15, 0.2) is 0 Å². The van der Waals surface area contributed by atoms with E-state index in [0.717, 1.165) is 30.5 Å². The van der Waals surface area contributed by atoms with Gasteiger partial charge in [0.1, 0.15) is 6.10 Å². The van der Waals surface area contributed by atoms with Crippen LogP contribution in [-0.2, 0) is 11.3 Å². The molecule has 6 nitrogen and oxygen atoms in total. The van der Waals surface area contributed by atoms with Crippen LogP contribution < -0.4 is 5.32 Å². The van der Waals surface area contributed by atoms with Crippen LogP contribution in [-0.4, -0.2) is 32.7 Å². The molecule has 2 atom stereocenters. The Bertz CT molecular complexity index is 849. The third-order valence-electron chi connectivity index (χ3n) is 4.71. The Morgan fingerprint density at radius 1 is 1.40 bits per heavy atom. The first-order chi connectivity index (χ1) is 12.2.